The third-order valence-electron chi connectivity index (χ3n) is 3.49. The zero-order chi connectivity index (χ0) is 14.8. The summed E-state index contributed by atoms with van der Waals surface area (Å²) in [5, 5.41) is 6.37. The van der Waals surface area contributed by atoms with Gasteiger partial charge in [0.25, 0.3) is 0 Å². The molecule has 0 bridgehead atoms. The first-order chi connectivity index (χ1) is 9.37. The van der Waals surface area contributed by atoms with Crippen molar-refractivity contribution in [1.29, 1.82) is 0 Å². The molecule has 1 aromatic carbocycles. The fourth-order valence-corrected chi connectivity index (χ4v) is 2.75. The molecule has 2 amide bonds. The second kappa shape index (κ2) is 6.02. The lowest BCUT2D eigenvalue weighted by atomic mass is 9.94. The van der Waals surface area contributed by atoms with Crippen molar-refractivity contribution < 1.29 is 9.53 Å². The molecule has 4 nitrogen and oxygen atoms in total. The van der Waals surface area contributed by atoms with Crippen molar-refractivity contribution in [1.82, 2.24) is 5.32 Å². The van der Waals surface area contributed by atoms with E-state index < -0.39 is 0 Å². The van der Waals surface area contributed by atoms with E-state index >= 15 is 0 Å². The second-order valence-corrected chi connectivity index (χ2v) is 6.24. The average molecular weight is 297 g/mol. The van der Waals surface area contributed by atoms with Gasteiger partial charge in [0.2, 0.25) is 0 Å². The fraction of sp³-hybridized carbons (Fsp3) is 0.533. The minimum absolute atomic E-state index is 0.126. The van der Waals surface area contributed by atoms with E-state index in [0.29, 0.717) is 17.3 Å². The van der Waals surface area contributed by atoms with Gasteiger partial charge < -0.3 is 15.4 Å². The molecule has 110 valence electrons. The van der Waals surface area contributed by atoms with Gasteiger partial charge in [0.15, 0.2) is 0 Å². The summed E-state index contributed by atoms with van der Waals surface area (Å²) in [4.78, 5) is 12.1. The number of halogens is 1. The van der Waals surface area contributed by atoms with Crippen molar-refractivity contribution in [3.8, 4) is 0 Å². The molecule has 1 fully saturated rings. The molecule has 0 saturated carbocycles. The molecular weight excluding hydrogens is 276 g/mol. The van der Waals surface area contributed by atoms with Crippen LogP contribution in [0.15, 0.2) is 18.2 Å². The smallest absolute Gasteiger partial charge is 0.319 e. The number of hydrogen-bond donors (Lipinski definition) is 2. The van der Waals surface area contributed by atoms with Gasteiger partial charge in [0, 0.05) is 12.6 Å². The van der Waals surface area contributed by atoms with Crippen molar-refractivity contribution in [2.24, 2.45) is 0 Å². The van der Waals surface area contributed by atoms with Crippen LogP contribution in [0, 0.1) is 6.92 Å². The number of urea groups is 1. The standard InChI is InChI=1S/C15H21ClN2O2/c1-10-5-4-6-12(16)13(10)18-14(19)17-11-7-8-20-15(2,3)9-11/h4-6,11H,7-9H2,1-3H3,(H2,17,18,19)/t11-/m0/s1. The zero-order valence-electron chi connectivity index (χ0n) is 12.1. The predicted octanol–water partition coefficient (Wildman–Crippen LogP) is 3.73. The van der Waals surface area contributed by atoms with E-state index in [2.05, 4.69) is 10.6 Å². The Morgan fingerprint density at radius 1 is 1.45 bits per heavy atom. The van der Waals surface area contributed by atoms with Crippen LogP contribution in [-0.4, -0.2) is 24.3 Å². The largest absolute Gasteiger partial charge is 0.375 e. The fourth-order valence-electron chi connectivity index (χ4n) is 2.48. The maximum Gasteiger partial charge on any atom is 0.319 e. The Bertz CT molecular complexity index is 482. The zero-order valence-corrected chi connectivity index (χ0v) is 12.9. The van der Waals surface area contributed by atoms with Crippen LogP contribution in [0.5, 0.6) is 0 Å². The highest BCUT2D eigenvalue weighted by Gasteiger charge is 2.29. The number of hydrogen-bond acceptors (Lipinski definition) is 2. The summed E-state index contributed by atoms with van der Waals surface area (Å²) < 4.78 is 5.64. The summed E-state index contributed by atoms with van der Waals surface area (Å²) >= 11 is 6.10. The highest BCUT2D eigenvalue weighted by atomic mass is 35.5. The van der Waals surface area contributed by atoms with Gasteiger partial charge >= 0.3 is 6.03 Å². The van der Waals surface area contributed by atoms with Crippen LogP contribution in [0.4, 0.5) is 10.5 Å². The Morgan fingerprint density at radius 2 is 2.20 bits per heavy atom. The van der Waals surface area contributed by atoms with Gasteiger partial charge in [0.05, 0.1) is 16.3 Å². The molecule has 0 radical (unpaired) electrons. The number of amides is 2. The van der Waals surface area contributed by atoms with Crippen LogP contribution < -0.4 is 10.6 Å². The predicted molar refractivity (Wildman–Crippen MR) is 81.4 cm³/mol. The van der Waals surface area contributed by atoms with Crippen LogP contribution in [0.1, 0.15) is 32.3 Å². The Balaban J connectivity index is 1.96. The van der Waals surface area contributed by atoms with E-state index in [4.69, 9.17) is 16.3 Å². The van der Waals surface area contributed by atoms with Crippen LogP contribution in [0.25, 0.3) is 0 Å². The first-order valence-electron chi connectivity index (χ1n) is 6.84. The van der Waals surface area contributed by atoms with Gasteiger partial charge in [-0.2, -0.15) is 0 Å². The quantitative estimate of drug-likeness (QED) is 0.874. The maximum absolute atomic E-state index is 12.1. The molecule has 0 aromatic heterocycles. The Labute approximate surface area is 124 Å². The summed E-state index contributed by atoms with van der Waals surface area (Å²) in [6.45, 7) is 6.66. The monoisotopic (exact) mass is 296 g/mol. The molecule has 1 aliphatic rings. The molecule has 1 heterocycles. The number of para-hydroxylation sites is 1. The molecule has 0 unspecified atom stereocenters. The van der Waals surface area contributed by atoms with E-state index in [9.17, 15) is 4.79 Å². The molecule has 2 rings (SSSR count). The number of ether oxygens (including phenoxy) is 1. The summed E-state index contributed by atoms with van der Waals surface area (Å²) in [7, 11) is 0. The topological polar surface area (TPSA) is 50.4 Å². The van der Waals surface area contributed by atoms with Gasteiger partial charge in [-0.15, -0.1) is 0 Å². The summed E-state index contributed by atoms with van der Waals surface area (Å²) in [6.07, 6.45) is 1.64. The molecule has 1 aliphatic heterocycles. The maximum atomic E-state index is 12.1. The van der Waals surface area contributed by atoms with Gasteiger partial charge in [-0.25, -0.2) is 4.79 Å². The van der Waals surface area contributed by atoms with Crippen molar-refractivity contribution >= 4 is 23.3 Å². The first-order valence-corrected chi connectivity index (χ1v) is 7.22. The molecule has 2 N–H and O–H groups in total. The third-order valence-corrected chi connectivity index (χ3v) is 3.81. The number of benzene rings is 1. The van der Waals surface area contributed by atoms with Gasteiger partial charge in [-0.05, 0) is 45.2 Å². The van der Waals surface area contributed by atoms with E-state index in [0.717, 1.165) is 18.4 Å². The Kier molecular flexibility index (Phi) is 4.55. The number of nitrogens with one attached hydrogen (secondary N) is 2. The third kappa shape index (κ3) is 3.87. The summed E-state index contributed by atoms with van der Waals surface area (Å²) in [6, 6.07) is 5.45. The van der Waals surface area contributed by atoms with Crippen molar-refractivity contribution in [3.05, 3.63) is 28.8 Å². The summed E-state index contributed by atoms with van der Waals surface area (Å²) in [5.41, 5.74) is 1.43. The minimum Gasteiger partial charge on any atom is -0.375 e. The average Bonchev–Trinajstić information content (AvgIpc) is 2.33. The van der Waals surface area contributed by atoms with Crippen molar-refractivity contribution in [2.75, 3.05) is 11.9 Å². The Hall–Kier alpha value is -1.26. The van der Waals surface area contributed by atoms with Gasteiger partial charge in [-0.1, -0.05) is 23.7 Å². The van der Waals surface area contributed by atoms with Crippen LogP contribution in [0.2, 0.25) is 5.02 Å². The van der Waals surface area contributed by atoms with E-state index in [1.54, 1.807) is 6.07 Å². The molecule has 0 aliphatic carbocycles. The molecule has 1 saturated heterocycles. The molecule has 1 aromatic rings. The minimum atomic E-state index is -0.219. The van der Waals surface area contributed by atoms with Gasteiger partial charge in [-0.3, -0.25) is 0 Å². The number of rotatable bonds is 2. The second-order valence-electron chi connectivity index (χ2n) is 5.83. The number of carbonyl (C=O) groups excluding carboxylic acids is 1. The molecule has 5 heteroatoms. The highest BCUT2D eigenvalue weighted by Crippen LogP contribution is 2.26. The van der Waals surface area contributed by atoms with Crippen molar-refractivity contribution in [2.45, 2.75) is 45.3 Å². The lowest BCUT2D eigenvalue weighted by molar-refractivity contribution is -0.0609. The van der Waals surface area contributed by atoms with Crippen LogP contribution >= 0.6 is 11.6 Å². The number of aryl methyl sites for hydroxylation is 1. The van der Waals surface area contributed by atoms with Crippen molar-refractivity contribution in [3.63, 3.8) is 0 Å². The molecule has 20 heavy (non-hydrogen) atoms. The molecular formula is C15H21ClN2O2. The van der Waals surface area contributed by atoms with E-state index in [1.165, 1.54) is 0 Å². The van der Waals surface area contributed by atoms with Gasteiger partial charge in [0.1, 0.15) is 0 Å². The number of carbonyl (C=O) groups is 1. The van der Waals surface area contributed by atoms with Crippen LogP contribution in [0.3, 0.4) is 0 Å². The normalized spacial score (nSPS) is 21.3. The SMILES string of the molecule is Cc1cccc(Cl)c1NC(=O)N[C@H]1CCOC(C)(C)C1. The molecule has 1 atom stereocenters. The van der Waals surface area contributed by atoms with E-state index in [1.807, 2.05) is 32.9 Å². The summed E-state index contributed by atoms with van der Waals surface area (Å²) in [5.74, 6) is 0. The lowest BCUT2D eigenvalue weighted by Gasteiger charge is -2.35. The molecule has 0 spiro atoms. The lowest BCUT2D eigenvalue weighted by Crippen LogP contribution is -2.47. The van der Waals surface area contributed by atoms with Crippen LogP contribution in [-0.2, 0) is 4.74 Å². The first kappa shape index (κ1) is 15.1. The highest BCUT2D eigenvalue weighted by molar-refractivity contribution is 6.33. The Morgan fingerprint density at radius 3 is 2.85 bits per heavy atom. The van der Waals surface area contributed by atoms with E-state index in [-0.39, 0.29) is 17.7 Å². The number of anilines is 1.